The van der Waals surface area contributed by atoms with Crippen molar-refractivity contribution in [2.24, 2.45) is 0 Å². The maximum atomic E-state index is 13.3. The number of nitrogens with two attached hydrogens (primary N) is 1. The van der Waals surface area contributed by atoms with Crippen molar-refractivity contribution >= 4 is 40.7 Å². The number of carbonyl (C=O) groups excluding carboxylic acids is 2. The van der Waals surface area contributed by atoms with Crippen molar-refractivity contribution in [1.29, 1.82) is 5.26 Å². The molecule has 0 bridgehead atoms. The molecule has 2 aromatic carbocycles. The van der Waals surface area contributed by atoms with Crippen molar-refractivity contribution < 1.29 is 9.59 Å². The highest BCUT2D eigenvalue weighted by molar-refractivity contribution is 6.42. The Balaban J connectivity index is 1.65. The van der Waals surface area contributed by atoms with Gasteiger partial charge in [0.1, 0.15) is 5.69 Å². The van der Waals surface area contributed by atoms with E-state index >= 15 is 0 Å². The van der Waals surface area contributed by atoms with Crippen LogP contribution in [0.15, 0.2) is 60.8 Å². The molecule has 1 fully saturated rings. The summed E-state index contributed by atoms with van der Waals surface area (Å²) in [5, 5.41) is 9.86. The number of likely N-dealkylation sites (tertiary alicyclic amines) is 1. The van der Waals surface area contributed by atoms with Crippen molar-refractivity contribution in [2.45, 2.75) is 12.0 Å². The van der Waals surface area contributed by atoms with Gasteiger partial charge in [-0.2, -0.15) is 5.26 Å². The molecule has 2 heterocycles. The van der Waals surface area contributed by atoms with E-state index in [1.807, 2.05) is 12.1 Å². The third-order valence-corrected chi connectivity index (χ3v) is 6.77. The maximum absolute atomic E-state index is 13.3. The SMILES string of the molecule is CN(C(=O)c1ccc(N)cn1)[C@@H]1CN(C(=O)c2ccc(C#N)cc2)C[C@H]1c1ccc(Cl)c(Cl)c1. The number of aromatic nitrogens is 1. The molecule has 1 aliphatic heterocycles. The Bertz CT molecular complexity index is 1270. The first kappa shape index (κ1) is 23.6. The second kappa shape index (κ2) is 9.72. The molecule has 2 N–H and O–H groups in total. The third-order valence-electron chi connectivity index (χ3n) is 6.03. The number of hydrogen-bond donors (Lipinski definition) is 1. The first-order chi connectivity index (χ1) is 16.3. The first-order valence-corrected chi connectivity index (χ1v) is 11.3. The Morgan fingerprint density at radius 3 is 2.44 bits per heavy atom. The minimum atomic E-state index is -0.327. The van der Waals surface area contributed by atoms with Crippen LogP contribution in [-0.2, 0) is 0 Å². The molecule has 9 heteroatoms. The van der Waals surface area contributed by atoms with Crippen LogP contribution in [0.3, 0.4) is 0 Å². The van der Waals surface area contributed by atoms with Crippen molar-refractivity contribution in [3.05, 3.63) is 93.2 Å². The summed E-state index contributed by atoms with van der Waals surface area (Å²) in [5.41, 5.74) is 8.26. The molecule has 0 aliphatic carbocycles. The summed E-state index contributed by atoms with van der Waals surface area (Å²) in [4.78, 5) is 33.9. The molecule has 1 aliphatic rings. The fourth-order valence-corrected chi connectivity index (χ4v) is 4.46. The molecular formula is C25H21Cl2N5O2. The highest BCUT2D eigenvalue weighted by atomic mass is 35.5. The molecule has 0 saturated carbocycles. The molecular weight excluding hydrogens is 473 g/mol. The van der Waals surface area contributed by atoms with Crippen LogP contribution in [0.1, 0.15) is 37.9 Å². The van der Waals surface area contributed by atoms with Gasteiger partial charge in [0.05, 0.1) is 39.6 Å². The molecule has 1 aromatic heterocycles. The van der Waals surface area contributed by atoms with Crippen LogP contribution in [0.2, 0.25) is 10.0 Å². The summed E-state index contributed by atoms with van der Waals surface area (Å²) in [5.74, 6) is -0.647. The molecule has 0 unspecified atom stereocenters. The van der Waals surface area contributed by atoms with E-state index in [0.717, 1.165) is 5.56 Å². The van der Waals surface area contributed by atoms with Crippen molar-refractivity contribution in [3.8, 4) is 6.07 Å². The lowest BCUT2D eigenvalue weighted by Gasteiger charge is -2.29. The number of anilines is 1. The standard InChI is InChI=1S/C25H21Cl2N5O2/c1-31(25(34)22-9-7-18(29)12-30-22)23-14-32(24(33)16-4-2-15(11-28)3-5-16)13-19(23)17-6-8-20(26)21(27)10-17/h2-10,12,19,23H,13-14,29H2,1H3/t19-,23+/m0/s1. The van der Waals surface area contributed by atoms with E-state index in [1.54, 1.807) is 65.4 Å². The van der Waals surface area contributed by atoms with Gasteiger partial charge in [-0.1, -0.05) is 29.3 Å². The van der Waals surface area contributed by atoms with Gasteiger partial charge < -0.3 is 15.5 Å². The molecule has 2 amide bonds. The lowest BCUT2D eigenvalue weighted by atomic mass is 9.93. The Kier molecular flexibility index (Phi) is 6.73. The largest absolute Gasteiger partial charge is 0.397 e. The van der Waals surface area contributed by atoms with E-state index in [9.17, 15) is 9.59 Å². The number of benzene rings is 2. The molecule has 2 atom stereocenters. The lowest BCUT2D eigenvalue weighted by molar-refractivity contribution is 0.0691. The van der Waals surface area contributed by atoms with Gasteiger partial charge in [-0.05, 0) is 54.1 Å². The van der Waals surface area contributed by atoms with Gasteiger partial charge in [0, 0.05) is 31.6 Å². The second-order valence-corrected chi connectivity index (χ2v) is 8.95. The second-order valence-electron chi connectivity index (χ2n) is 8.14. The molecule has 34 heavy (non-hydrogen) atoms. The van der Waals surface area contributed by atoms with E-state index in [0.29, 0.717) is 39.9 Å². The molecule has 1 saturated heterocycles. The molecule has 0 radical (unpaired) electrons. The van der Waals surface area contributed by atoms with E-state index in [1.165, 1.54) is 6.20 Å². The fourth-order valence-electron chi connectivity index (χ4n) is 4.15. The lowest BCUT2D eigenvalue weighted by Crippen LogP contribution is -2.42. The highest BCUT2D eigenvalue weighted by Gasteiger charge is 2.40. The monoisotopic (exact) mass is 493 g/mol. The van der Waals surface area contributed by atoms with Gasteiger partial charge in [0.25, 0.3) is 11.8 Å². The minimum Gasteiger partial charge on any atom is -0.397 e. The van der Waals surface area contributed by atoms with Gasteiger partial charge in [-0.15, -0.1) is 0 Å². The minimum absolute atomic E-state index is 0.177. The van der Waals surface area contributed by atoms with Crippen molar-refractivity contribution in [1.82, 2.24) is 14.8 Å². The highest BCUT2D eigenvalue weighted by Crippen LogP contribution is 2.35. The number of pyridine rings is 1. The average Bonchev–Trinajstić information content (AvgIpc) is 3.30. The third kappa shape index (κ3) is 4.69. The number of hydrogen-bond acceptors (Lipinski definition) is 5. The number of amides is 2. The summed E-state index contributed by atoms with van der Waals surface area (Å²) >= 11 is 12.4. The van der Waals surface area contributed by atoms with Crippen LogP contribution in [-0.4, -0.2) is 52.8 Å². The number of halogens is 2. The maximum Gasteiger partial charge on any atom is 0.272 e. The summed E-state index contributed by atoms with van der Waals surface area (Å²) in [6.07, 6.45) is 1.44. The predicted molar refractivity (Wildman–Crippen MR) is 131 cm³/mol. The van der Waals surface area contributed by atoms with E-state index in [2.05, 4.69) is 4.98 Å². The van der Waals surface area contributed by atoms with Gasteiger partial charge in [0.2, 0.25) is 0 Å². The Labute approximate surface area is 207 Å². The van der Waals surface area contributed by atoms with E-state index in [-0.39, 0.29) is 29.5 Å². The van der Waals surface area contributed by atoms with Gasteiger partial charge in [-0.25, -0.2) is 4.98 Å². The number of nitrogens with zero attached hydrogens (tertiary/aromatic N) is 4. The number of rotatable bonds is 4. The van der Waals surface area contributed by atoms with Crippen LogP contribution < -0.4 is 5.73 Å². The topological polar surface area (TPSA) is 103 Å². The van der Waals surface area contributed by atoms with Crippen LogP contribution >= 0.6 is 23.2 Å². The molecule has 0 spiro atoms. The molecule has 7 nitrogen and oxygen atoms in total. The number of carbonyl (C=O) groups is 2. The Morgan fingerprint density at radius 2 is 1.82 bits per heavy atom. The normalized spacial score (nSPS) is 17.3. The number of likely N-dealkylation sites (N-methyl/N-ethyl adjacent to an activating group) is 1. The smallest absolute Gasteiger partial charge is 0.272 e. The van der Waals surface area contributed by atoms with Crippen LogP contribution in [0.25, 0.3) is 0 Å². The summed E-state index contributed by atoms with van der Waals surface area (Å²) in [7, 11) is 1.70. The summed E-state index contributed by atoms with van der Waals surface area (Å²) in [6.45, 7) is 0.704. The van der Waals surface area contributed by atoms with Crippen LogP contribution in [0.4, 0.5) is 5.69 Å². The van der Waals surface area contributed by atoms with E-state index in [4.69, 9.17) is 34.2 Å². The number of nitrogen functional groups attached to an aromatic ring is 1. The Morgan fingerprint density at radius 1 is 1.09 bits per heavy atom. The zero-order valence-corrected chi connectivity index (χ0v) is 19.8. The fraction of sp³-hybridized carbons (Fsp3) is 0.200. The Hall–Kier alpha value is -3.60. The molecule has 4 rings (SSSR count). The van der Waals surface area contributed by atoms with Gasteiger partial charge in [0.15, 0.2) is 0 Å². The number of nitriles is 1. The first-order valence-electron chi connectivity index (χ1n) is 10.5. The zero-order chi connectivity index (χ0) is 24.4. The summed E-state index contributed by atoms with van der Waals surface area (Å²) < 4.78 is 0. The van der Waals surface area contributed by atoms with Gasteiger partial charge in [-0.3, -0.25) is 9.59 Å². The van der Waals surface area contributed by atoms with Crippen molar-refractivity contribution in [3.63, 3.8) is 0 Å². The van der Waals surface area contributed by atoms with E-state index < -0.39 is 0 Å². The predicted octanol–water partition coefficient (Wildman–Crippen LogP) is 4.22. The summed E-state index contributed by atoms with van der Waals surface area (Å²) in [6, 6.07) is 16.8. The van der Waals surface area contributed by atoms with Crippen molar-refractivity contribution in [2.75, 3.05) is 25.9 Å². The quantitative estimate of drug-likeness (QED) is 0.585. The molecule has 172 valence electrons. The van der Waals surface area contributed by atoms with Crippen LogP contribution in [0.5, 0.6) is 0 Å². The average molecular weight is 494 g/mol. The zero-order valence-electron chi connectivity index (χ0n) is 18.3. The van der Waals surface area contributed by atoms with Crippen LogP contribution in [0, 0.1) is 11.3 Å². The van der Waals surface area contributed by atoms with Gasteiger partial charge >= 0.3 is 0 Å². The molecule has 3 aromatic rings.